The highest BCUT2D eigenvalue weighted by Crippen LogP contribution is 2.17. The van der Waals surface area contributed by atoms with Gasteiger partial charge in [-0.25, -0.2) is 12.7 Å². The standard InChI is InChI=1S/C13H23N3O2S/c1-5-6-7-8-16(4)19(17,18)13-9-12(10-14-2)15(3)11-13/h5,9,11,14H,1,6-8,10H2,2-4H3. The fourth-order valence-corrected chi connectivity index (χ4v) is 3.14. The van der Waals surface area contributed by atoms with E-state index in [1.165, 1.54) is 4.31 Å². The molecule has 0 amide bonds. The normalized spacial score (nSPS) is 12.0. The summed E-state index contributed by atoms with van der Waals surface area (Å²) in [7, 11) is 1.91. The molecular formula is C13H23N3O2S. The van der Waals surface area contributed by atoms with E-state index < -0.39 is 10.0 Å². The van der Waals surface area contributed by atoms with Crippen molar-refractivity contribution in [2.24, 2.45) is 7.05 Å². The number of hydrogen-bond acceptors (Lipinski definition) is 3. The Balaban J connectivity index is 2.87. The van der Waals surface area contributed by atoms with Crippen LogP contribution in [0.4, 0.5) is 0 Å². The van der Waals surface area contributed by atoms with Gasteiger partial charge in [0.05, 0.1) is 0 Å². The molecule has 1 N–H and O–H groups in total. The second kappa shape index (κ2) is 6.88. The first-order valence-electron chi connectivity index (χ1n) is 6.30. The van der Waals surface area contributed by atoms with Gasteiger partial charge in [-0.2, -0.15) is 0 Å². The maximum absolute atomic E-state index is 12.4. The molecule has 6 heteroatoms. The molecule has 0 radical (unpaired) electrons. The largest absolute Gasteiger partial charge is 0.352 e. The van der Waals surface area contributed by atoms with Crippen LogP contribution in [0.25, 0.3) is 0 Å². The van der Waals surface area contributed by atoms with Gasteiger partial charge < -0.3 is 9.88 Å². The first kappa shape index (κ1) is 15.9. The summed E-state index contributed by atoms with van der Waals surface area (Å²) in [6.07, 6.45) is 5.06. The Hall–Kier alpha value is -1.11. The van der Waals surface area contributed by atoms with Crippen LogP contribution >= 0.6 is 0 Å². The van der Waals surface area contributed by atoms with E-state index in [-0.39, 0.29) is 0 Å². The maximum Gasteiger partial charge on any atom is 0.244 e. The molecule has 1 rings (SSSR count). The van der Waals surface area contributed by atoms with Crippen LogP contribution in [-0.2, 0) is 23.6 Å². The molecule has 0 fully saturated rings. The zero-order chi connectivity index (χ0) is 14.5. The number of nitrogens with one attached hydrogen (secondary N) is 1. The van der Waals surface area contributed by atoms with Crippen LogP contribution in [0.1, 0.15) is 18.5 Å². The average Bonchev–Trinajstić information content (AvgIpc) is 2.72. The van der Waals surface area contributed by atoms with Crippen molar-refractivity contribution in [2.45, 2.75) is 24.3 Å². The highest BCUT2D eigenvalue weighted by molar-refractivity contribution is 7.89. The molecule has 0 unspecified atom stereocenters. The van der Waals surface area contributed by atoms with E-state index in [0.29, 0.717) is 18.0 Å². The summed E-state index contributed by atoms with van der Waals surface area (Å²) >= 11 is 0. The molecule has 19 heavy (non-hydrogen) atoms. The van der Waals surface area contributed by atoms with Gasteiger partial charge >= 0.3 is 0 Å². The maximum atomic E-state index is 12.4. The molecule has 0 spiro atoms. The van der Waals surface area contributed by atoms with E-state index in [9.17, 15) is 8.42 Å². The molecule has 1 aromatic heterocycles. The van der Waals surface area contributed by atoms with Crippen molar-refractivity contribution in [3.05, 3.63) is 30.6 Å². The van der Waals surface area contributed by atoms with Crippen molar-refractivity contribution in [1.82, 2.24) is 14.2 Å². The third kappa shape index (κ3) is 3.92. The van der Waals surface area contributed by atoms with Gasteiger partial charge in [0.1, 0.15) is 4.90 Å². The number of allylic oxidation sites excluding steroid dienone is 1. The van der Waals surface area contributed by atoms with Crippen molar-refractivity contribution in [3.8, 4) is 0 Å². The lowest BCUT2D eigenvalue weighted by molar-refractivity contribution is 0.462. The van der Waals surface area contributed by atoms with Gasteiger partial charge in [0.25, 0.3) is 0 Å². The Morgan fingerprint density at radius 2 is 2.21 bits per heavy atom. The molecule has 1 aromatic rings. The summed E-state index contributed by atoms with van der Waals surface area (Å²) < 4.78 is 28.0. The van der Waals surface area contributed by atoms with Crippen molar-refractivity contribution < 1.29 is 8.42 Å². The topological polar surface area (TPSA) is 54.3 Å². The fraction of sp³-hybridized carbons (Fsp3) is 0.538. The Bertz CT molecular complexity index is 520. The number of aromatic nitrogens is 1. The van der Waals surface area contributed by atoms with E-state index in [2.05, 4.69) is 11.9 Å². The van der Waals surface area contributed by atoms with Crippen LogP contribution in [0, 0.1) is 0 Å². The fourth-order valence-electron chi connectivity index (χ4n) is 1.83. The van der Waals surface area contributed by atoms with Crippen LogP contribution in [0.2, 0.25) is 0 Å². The van der Waals surface area contributed by atoms with E-state index in [0.717, 1.165) is 18.5 Å². The Morgan fingerprint density at radius 3 is 2.79 bits per heavy atom. The molecule has 0 aliphatic rings. The minimum atomic E-state index is -3.39. The lowest BCUT2D eigenvalue weighted by atomic mass is 10.3. The molecule has 0 atom stereocenters. The zero-order valence-electron chi connectivity index (χ0n) is 11.9. The summed E-state index contributed by atoms with van der Waals surface area (Å²) in [5, 5.41) is 3.02. The van der Waals surface area contributed by atoms with E-state index >= 15 is 0 Å². The van der Waals surface area contributed by atoms with Crippen LogP contribution in [-0.4, -0.2) is 37.9 Å². The van der Waals surface area contributed by atoms with Gasteiger partial charge in [-0.3, -0.25) is 0 Å². The monoisotopic (exact) mass is 285 g/mol. The van der Waals surface area contributed by atoms with Crippen molar-refractivity contribution >= 4 is 10.0 Å². The van der Waals surface area contributed by atoms with E-state index in [1.54, 1.807) is 25.4 Å². The molecule has 1 heterocycles. The highest BCUT2D eigenvalue weighted by atomic mass is 32.2. The number of aryl methyl sites for hydroxylation is 1. The second-order valence-electron chi connectivity index (χ2n) is 4.57. The minimum Gasteiger partial charge on any atom is -0.352 e. The number of nitrogens with zero attached hydrogens (tertiary/aromatic N) is 2. The molecule has 5 nitrogen and oxygen atoms in total. The SMILES string of the molecule is C=CCCCN(C)S(=O)(=O)c1cc(CNC)n(C)c1. The molecule has 0 aromatic carbocycles. The van der Waals surface area contributed by atoms with Crippen molar-refractivity contribution in [2.75, 3.05) is 20.6 Å². The molecule has 108 valence electrons. The number of sulfonamides is 1. The molecule has 0 aliphatic heterocycles. The molecule has 0 aliphatic carbocycles. The zero-order valence-corrected chi connectivity index (χ0v) is 12.7. The molecule has 0 saturated heterocycles. The summed E-state index contributed by atoms with van der Waals surface area (Å²) in [5.41, 5.74) is 0.945. The lowest BCUT2D eigenvalue weighted by Gasteiger charge is -2.15. The van der Waals surface area contributed by atoms with Gasteiger partial charge in [-0.15, -0.1) is 6.58 Å². The summed E-state index contributed by atoms with van der Waals surface area (Å²) in [6, 6.07) is 1.72. The minimum absolute atomic E-state index is 0.348. The van der Waals surface area contributed by atoms with Gasteiger partial charge in [0.2, 0.25) is 10.0 Å². The Labute approximate surface area is 116 Å². The van der Waals surface area contributed by atoms with Crippen LogP contribution < -0.4 is 5.32 Å². The lowest BCUT2D eigenvalue weighted by Crippen LogP contribution is -2.27. The number of rotatable bonds is 8. The predicted octanol–water partition coefficient (Wildman–Crippen LogP) is 1.33. The third-order valence-corrected chi connectivity index (χ3v) is 4.85. The Morgan fingerprint density at radius 1 is 1.53 bits per heavy atom. The van der Waals surface area contributed by atoms with Gasteiger partial charge in [0, 0.05) is 39.1 Å². The first-order valence-corrected chi connectivity index (χ1v) is 7.74. The molecule has 0 bridgehead atoms. The highest BCUT2D eigenvalue weighted by Gasteiger charge is 2.22. The summed E-state index contributed by atoms with van der Waals surface area (Å²) in [4.78, 5) is 0.348. The summed E-state index contributed by atoms with van der Waals surface area (Å²) in [5.74, 6) is 0. The van der Waals surface area contributed by atoms with E-state index in [4.69, 9.17) is 0 Å². The quantitative estimate of drug-likeness (QED) is 0.579. The third-order valence-electron chi connectivity index (χ3n) is 3.03. The van der Waals surface area contributed by atoms with Crippen molar-refractivity contribution in [1.29, 1.82) is 0 Å². The van der Waals surface area contributed by atoms with Gasteiger partial charge in [-0.05, 0) is 26.0 Å². The predicted molar refractivity (Wildman–Crippen MR) is 77.4 cm³/mol. The molecule has 0 saturated carbocycles. The van der Waals surface area contributed by atoms with Crippen molar-refractivity contribution in [3.63, 3.8) is 0 Å². The second-order valence-corrected chi connectivity index (χ2v) is 6.61. The number of unbranched alkanes of at least 4 members (excludes halogenated alkanes) is 1. The first-order chi connectivity index (χ1) is 8.93. The van der Waals surface area contributed by atoms with Crippen LogP contribution in [0.5, 0.6) is 0 Å². The number of hydrogen-bond donors (Lipinski definition) is 1. The van der Waals surface area contributed by atoms with Gasteiger partial charge in [0.15, 0.2) is 0 Å². The van der Waals surface area contributed by atoms with Gasteiger partial charge in [-0.1, -0.05) is 6.08 Å². The average molecular weight is 285 g/mol. The van der Waals surface area contributed by atoms with E-state index in [1.807, 2.05) is 18.7 Å². The van der Waals surface area contributed by atoms with Crippen LogP contribution in [0.3, 0.4) is 0 Å². The summed E-state index contributed by atoms with van der Waals surface area (Å²) in [6.45, 7) is 4.78. The van der Waals surface area contributed by atoms with Crippen LogP contribution in [0.15, 0.2) is 29.8 Å². The Kier molecular flexibility index (Phi) is 5.78. The smallest absolute Gasteiger partial charge is 0.244 e. The molecular weight excluding hydrogens is 262 g/mol.